The lowest BCUT2D eigenvalue weighted by Crippen LogP contribution is -2.40. The SMILES string of the molecule is COc1cccc(C2(C#N)CCC(NC(C)=O)CC2)c1. The van der Waals surface area contributed by atoms with Gasteiger partial charge in [-0.2, -0.15) is 5.26 Å². The van der Waals surface area contributed by atoms with Crippen LogP contribution in [-0.4, -0.2) is 19.1 Å². The third-order valence-corrected chi connectivity index (χ3v) is 4.08. The van der Waals surface area contributed by atoms with E-state index in [1.165, 1.54) is 6.92 Å². The first-order valence-electron chi connectivity index (χ1n) is 6.92. The van der Waals surface area contributed by atoms with Crippen molar-refractivity contribution in [2.75, 3.05) is 7.11 Å². The second-order valence-electron chi connectivity index (χ2n) is 5.40. The maximum Gasteiger partial charge on any atom is 0.217 e. The van der Waals surface area contributed by atoms with E-state index >= 15 is 0 Å². The van der Waals surface area contributed by atoms with E-state index in [9.17, 15) is 10.1 Å². The quantitative estimate of drug-likeness (QED) is 0.919. The van der Waals surface area contributed by atoms with E-state index in [1.54, 1.807) is 7.11 Å². The van der Waals surface area contributed by atoms with Crippen molar-refractivity contribution in [2.45, 2.75) is 44.1 Å². The molecule has 1 amide bonds. The Labute approximate surface area is 119 Å². The normalized spacial score (nSPS) is 25.6. The van der Waals surface area contributed by atoms with Crippen LogP contribution >= 0.6 is 0 Å². The van der Waals surface area contributed by atoms with Crippen molar-refractivity contribution in [2.24, 2.45) is 0 Å². The van der Waals surface area contributed by atoms with Gasteiger partial charge in [-0.1, -0.05) is 12.1 Å². The molecule has 1 N–H and O–H groups in total. The summed E-state index contributed by atoms with van der Waals surface area (Å²) in [6.45, 7) is 1.54. The molecule has 1 saturated carbocycles. The summed E-state index contributed by atoms with van der Waals surface area (Å²) in [7, 11) is 1.63. The van der Waals surface area contributed by atoms with Crippen LogP contribution in [0.5, 0.6) is 5.75 Å². The Morgan fingerprint density at radius 2 is 2.15 bits per heavy atom. The predicted octanol–water partition coefficient (Wildman–Crippen LogP) is 2.54. The fourth-order valence-electron chi connectivity index (χ4n) is 2.93. The number of nitrogens with one attached hydrogen (secondary N) is 1. The van der Waals surface area contributed by atoms with Gasteiger partial charge in [-0.15, -0.1) is 0 Å². The average molecular weight is 272 g/mol. The van der Waals surface area contributed by atoms with Crippen LogP contribution in [0.15, 0.2) is 24.3 Å². The summed E-state index contributed by atoms with van der Waals surface area (Å²) in [5, 5.41) is 12.6. The third kappa shape index (κ3) is 2.93. The molecule has 0 saturated heterocycles. The molecule has 0 unspecified atom stereocenters. The average Bonchev–Trinajstić information content (AvgIpc) is 2.48. The van der Waals surface area contributed by atoms with Crippen LogP contribution in [0.3, 0.4) is 0 Å². The first-order valence-corrected chi connectivity index (χ1v) is 6.92. The Hall–Kier alpha value is -2.02. The van der Waals surface area contributed by atoms with Crippen molar-refractivity contribution in [1.29, 1.82) is 5.26 Å². The van der Waals surface area contributed by atoms with Crippen LogP contribution < -0.4 is 10.1 Å². The van der Waals surface area contributed by atoms with Crippen LogP contribution in [0.25, 0.3) is 0 Å². The van der Waals surface area contributed by atoms with Crippen molar-refractivity contribution in [3.63, 3.8) is 0 Å². The van der Waals surface area contributed by atoms with Crippen LogP contribution in [0.2, 0.25) is 0 Å². The molecule has 1 aromatic rings. The van der Waals surface area contributed by atoms with Gasteiger partial charge in [0.05, 0.1) is 18.6 Å². The molecular formula is C16H20N2O2. The van der Waals surface area contributed by atoms with Crippen LogP contribution in [0.1, 0.15) is 38.2 Å². The van der Waals surface area contributed by atoms with Gasteiger partial charge < -0.3 is 10.1 Å². The van der Waals surface area contributed by atoms with Crippen LogP contribution in [-0.2, 0) is 10.2 Å². The molecule has 0 aromatic heterocycles. The highest BCUT2D eigenvalue weighted by atomic mass is 16.5. The Bertz CT molecular complexity index is 526. The minimum atomic E-state index is -0.455. The number of rotatable bonds is 3. The zero-order valence-electron chi connectivity index (χ0n) is 12.0. The van der Waals surface area contributed by atoms with E-state index < -0.39 is 5.41 Å². The zero-order valence-corrected chi connectivity index (χ0v) is 12.0. The zero-order chi connectivity index (χ0) is 14.6. The van der Waals surface area contributed by atoms with Gasteiger partial charge in [-0.05, 0) is 43.4 Å². The van der Waals surface area contributed by atoms with E-state index in [0.717, 1.165) is 37.0 Å². The fraction of sp³-hybridized carbons (Fsp3) is 0.500. The molecule has 20 heavy (non-hydrogen) atoms. The Kier molecular flexibility index (Phi) is 4.29. The number of hydrogen-bond acceptors (Lipinski definition) is 3. The highest BCUT2D eigenvalue weighted by molar-refractivity contribution is 5.73. The van der Waals surface area contributed by atoms with Gasteiger partial charge >= 0.3 is 0 Å². The van der Waals surface area contributed by atoms with Gasteiger partial charge in [0.1, 0.15) is 5.75 Å². The molecule has 0 heterocycles. The van der Waals surface area contributed by atoms with Gasteiger partial charge in [-0.25, -0.2) is 0 Å². The van der Waals surface area contributed by atoms with Gasteiger partial charge in [-0.3, -0.25) is 4.79 Å². The fourth-order valence-corrected chi connectivity index (χ4v) is 2.93. The van der Waals surface area contributed by atoms with Crippen molar-refractivity contribution in [1.82, 2.24) is 5.32 Å². The van der Waals surface area contributed by atoms with E-state index in [1.807, 2.05) is 24.3 Å². The second-order valence-corrected chi connectivity index (χ2v) is 5.40. The van der Waals surface area contributed by atoms with Crippen molar-refractivity contribution in [3.05, 3.63) is 29.8 Å². The molecule has 4 nitrogen and oxygen atoms in total. The van der Waals surface area contributed by atoms with Gasteiger partial charge in [0.25, 0.3) is 0 Å². The highest BCUT2D eigenvalue weighted by Gasteiger charge is 2.37. The standard InChI is InChI=1S/C16H20N2O2/c1-12(19)18-14-6-8-16(11-17,9-7-14)13-4-3-5-15(10-13)20-2/h3-5,10,14H,6-9H2,1-2H3,(H,18,19). The molecule has 1 aliphatic rings. The molecule has 4 heteroatoms. The van der Waals surface area contributed by atoms with Gasteiger partial charge in [0.15, 0.2) is 0 Å². The lowest BCUT2D eigenvalue weighted by molar-refractivity contribution is -0.119. The first kappa shape index (κ1) is 14.4. The second kappa shape index (κ2) is 5.96. The molecular weight excluding hydrogens is 252 g/mol. The minimum Gasteiger partial charge on any atom is -0.497 e. The lowest BCUT2D eigenvalue weighted by Gasteiger charge is -2.35. The Balaban J connectivity index is 2.16. The smallest absolute Gasteiger partial charge is 0.217 e. The summed E-state index contributed by atoms with van der Waals surface area (Å²) in [6, 6.07) is 10.4. The van der Waals surface area contributed by atoms with Crippen molar-refractivity contribution < 1.29 is 9.53 Å². The summed E-state index contributed by atoms with van der Waals surface area (Å²) in [4.78, 5) is 11.1. The molecule has 0 spiro atoms. The number of ether oxygens (including phenoxy) is 1. The summed E-state index contributed by atoms with van der Waals surface area (Å²) >= 11 is 0. The number of hydrogen-bond donors (Lipinski definition) is 1. The number of carbonyl (C=O) groups excluding carboxylic acids is 1. The molecule has 1 aliphatic carbocycles. The summed E-state index contributed by atoms with van der Waals surface area (Å²) in [5.41, 5.74) is 0.560. The topological polar surface area (TPSA) is 62.1 Å². The maximum atomic E-state index is 11.1. The number of nitriles is 1. The van der Waals surface area contributed by atoms with Gasteiger partial charge in [0.2, 0.25) is 5.91 Å². The Morgan fingerprint density at radius 3 is 2.70 bits per heavy atom. The predicted molar refractivity (Wildman–Crippen MR) is 76.4 cm³/mol. The monoisotopic (exact) mass is 272 g/mol. The van der Waals surface area contributed by atoms with E-state index in [0.29, 0.717) is 0 Å². The minimum absolute atomic E-state index is 0.000776. The molecule has 1 aromatic carbocycles. The molecule has 1 fully saturated rings. The highest BCUT2D eigenvalue weighted by Crippen LogP contribution is 2.40. The van der Waals surface area contributed by atoms with Crippen LogP contribution in [0, 0.1) is 11.3 Å². The third-order valence-electron chi connectivity index (χ3n) is 4.08. The molecule has 0 radical (unpaired) electrons. The molecule has 0 atom stereocenters. The lowest BCUT2D eigenvalue weighted by atomic mass is 9.69. The number of nitrogens with zero attached hydrogens (tertiary/aromatic N) is 1. The van der Waals surface area contributed by atoms with E-state index in [2.05, 4.69) is 11.4 Å². The number of methoxy groups -OCH3 is 1. The largest absolute Gasteiger partial charge is 0.497 e. The number of carbonyl (C=O) groups is 1. The summed E-state index contributed by atoms with van der Waals surface area (Å²) in [5.74, 6) is 0.780. The van der Waals surface area contributed by atoms with Crippen molar-refractivity contribution >= 4 is 5.91 Å². The molecule has 0 bridgehead atoms. The number of amides is 1. The van der Waals surface area contributed by atoms with Crippen LogP contribution in [0.4, 0.5) is 0 Å². The number of benzene rings is 1. The van der Waals surface area contributed by atoms with E-state index in [4.69, 9.17) is 4.74 Å². The Morgan fingerprint density at radius 1 is 1.45 bits per heavy atom. The van der Waals surface area contributed by atoms with Crippen molar-refractivity contribution in [3.8, 4) is 11.8 Å². The first-order chi connectivity index (χ1) is 9.59. The molecule has 0 aliphatic heterocycles. The van der Waals surface area contributed by atoms with E-state index in [-0.39, 0.29) is 11.9 Å². The van der Waals surface area contributed by atoms with Gasteiger partial charge in [0, 0.05) is 13.0 Å². The molecule has 2 rings (SSSR count). The summed E-state index contributed by atoms with van der Waals surface area (Å²) < 4.78 is 5.24. The maximum absolute atomic E-state index is 11.1. The molecule has 106 valence electrons. The summed E-state index contributed by atoms with van der Waals surface area (Å²) in [6.07, 6.45) is 3.21.